The first-order valence-corrected chi connectivity index (χ1v) is 5.47. The first-order valence-electron chi connectivity index (χ1n) is 5.47. The van der Waals surface area contributed by atoms with Gasteiger partial charge >= 0.3 is 0 Å². The molecular weight excluding hydrogens is 206 g/mol. The van der Waals surface area contributed by atoms with Gasteiger partial charge in [-0.15, -0.1) is 0 Å². The number of carbonyl (C=O) groups excluding carboxylic acids is 1. The molecule has 0 N–H and O–H groups in total. The Morgan fingerprint density at radius 1 is 1.19 bits per heavy atom. The van der Waals surface area contributed by atoms with Crippen molar-refractivity contribution in [2.24, 2.45) is 5.92 Å². The molecule has 0 saturated heterocycles. The molecule has 1 aromatic rings. The number of hydrogen-bond donors (Lipinski definition) is 0. The van der Waals surface area contributed by atoms with E-state index in [1.54, 1.807) is 12.1 Å². The first kappa shape index (κ1) is 10.8. The Labute approximate surface area is 93.4 Å². The minimum atomic E-state index is -0.455. The molecule has 4 heteroatoms. The summed E-state index contributed by atoms with van der Waals surface area (Å²) < 4.78 is 0. The number of non-ortho nitro benzene ring substituents is 1. The first-order chi connectivity index (χ1) is 7.68. The van der Waals surface area contributed by atoms with Crippen molar-refractivity contribution in [2.75, 3.05) is 0 Å². The number of carbonyl (C=O) groups is 1. The number of nitrogens with zero attached hydrogens (tertiary/aromatic N) is 1. The van der Waals surface area contributed by atoms with E-state index < -0.39 is 4.92 Å². The molecule has 84 valence electrons. The maximum atomic E-state index is 12.0. The van der Waals surface area contributed by atoms with Gasteiger partial charge in [-0.25, -0.2) is 0 Å². The van der Waals surface area contributed by atoms with Gasteiger partial charge in [-0.05, 0) is 25.0 Å². The molecule has 2 rings (SSSR count). The molecule has 0 aliphatic heterocycles. The molecule has 0 spiro atoms. The number of Topliss-reactive ketones (excluding diaryl/α,β-unsaturated/α-hetero) is 1. The molecule has 0 atom stereocenters. The van der Waals surface area contributed by atoms with Gasteiger partial charge in [0.05, 0.1) is 4.92 Å². The van der Waals surface area contributed by atoms with Crippen LogP contribution in [0.2, 0.25) is 0 Å². The summed E-state index contributed by atoms with van der Waals surface area (Å²) in [5.41, 5.74) is 0.625. The van der Waals surface area contributed by atoms with Crippen LogP contribution in [0.25, 0.3) is 0 Å². The lowest BCUT2D eigenvalue weighted by Crippen LogP contribution is -2.10. The SMILES string of the molecule is O=C(c1ccc([N+](=O)[O-])cc1)C1CCCC1. The van der Waals surface area contributed by atoms with Crippen LogP contribution in [-0.4, -0.2) is 10.7 Å². The van der Waals surface area contributed by atoms with Crippen molar-refractivity contribution < 1.29 is 9.72 Å². The van der Waals surface area contributed by atoms with Crippen LogP contribution in [0.15, 0.2) is 24.3 Å². The van der Waals surface area contributed by atoms with Gasteiger partial charge in [0.15, 0.2) is 5.78 Å². The fourth-order valence-corrected chi connectivity index (χ4v) is 2.17. The maximum absolute atomic E-state index is 12.0. The number of ketones is 1. The summed E-state index contributed by atoms with van der Waals surface area (Å²) in [5.74, 6) is 0.258. The van der Waals surface area contributed by atoms with E-state index in [2.05, 4.69) is 0 Å². The molecule has 0 heterocycles. The van der Waals surface area contributed by atoms with Crippen molar-refractivity contribution >= 4 is 11.5 Å². The van der Waals surface area contributed by atoms with E-state index in [-0.39, 0.29) is 17.4 Å². The Hall–Kier alpha value is -1.71. The maximum Gasteiger partial charge on any atom is 0.269 e. The van der Waals surface area contributed by atoms with E-state index in [0.717, 1.165) is 25.7 Å². The number of benzene rings is 1. The summed E-state index contributed by atoms with van der Waals surface area (Å²) in [6, 6.07) is 5.89. The highest BCUT2D eigenvalue weighted by molar-refractivity contribution is 5.98. The van der Waals surface area contributed by atoms with Crippen molar-refractivity contribution in [1.29, 1.82) is 0 Å². The van der Waals surface area contributed by atoms with Crippen LogP contribution in [0.4, 0.5) is 5.69 Å². The molecule has 0 aromatic heterocycles. The van der Waals surface area contributed by atoms with Crippen molar-refractivity contribution in [1.82, 2.24) is 0 Å². The number of nitro benzene ring substituents is 1. The van der Waals surface area contributed by atoms with Gasteiger partial charge in [-0.3, -0.25) is 14.9 Å². The highest BCUT2D eigenvalue weighted by Gasteiger charge is 2.23. The van der Waals surface area contributed by atoms with Gasteiger partial charge < -0.3 is 0 Å². The smallest absolute Gasteiger partial charge is 0.269 e. The van der Waals surface area contributed by atoms with Crippen molar-refractivity contribution in [3.8, 4) is 0 Å². The molecule has 4 nitrogen and oxygen atoms in total. The van der Waals surface area contributed by atoms with Gasteiger partial charge in [0, 0.05) is 23.6 Å². The van der Waals surface area contributed by atoms with Crippen molar-refractivity contribution in [2.45, 2.75) is 25.7 Å². The summed E-state index contributed by atoms with van der Waals surface area (Å²) in [6.07, 6.45) is 4.14. The van der Waals surface area contributed by atoms with Crippen LogP contribution in [0.3, 0.4) is 0 Å². The highest BCUT2D eigenvalue weighted by atomic mass is 16.6. The van der Waals surface area contributed by atoms with E-state index in [4.69, 9.17) is 0 Å². The fourth-order valence-electron chi connectivity index (χ4n) is 2.17. The topological polar surface area (TPSA) is 60.2 Å². The predicted molar refractivity (Wildman–Crippen MR) is 59.4 cm³/mol. The third-order valence-corrected chi connectivity index (χ3v) is 3.09. The van der Waals surface area contributed by atoms with E-state index >= 15 is 0 Å². The largest absolute Gasteiger partial charge is 0.294 e. The van der Waals surface area contributed by atoms with Crippen LogP contribution in [-0.2, 0) is 0 Å². The molecule has 1 aliphatic rings. The second kappa shape index (κ2) is 4.43. The minimum Gasteiger partial charge on any atom is -0.294 e. The van der Waals surface area contributed by atoms with Crippen LogP contribution < -0.4 is 0 Å². The number of nitro groups is 1. The van der Waals surface area contributed by atoms with E-state index in [9.17, 15) is 14.9 Å². The van der Waals surface area contributed by atoms with Crippen LogP contribution in [0.1, 0.15) is 36.0 Å². The zero-order valence-electron chi connectivity index (χ0n) is 8.89. The summed E-state index contributed by atoms with van der Waals surface area (Å²) in [7, 11) is 0. The molecule has 0 radical (unpaired) electrons. The predicted octanol–water partition coefficient (Wildman–Crippen LogP) is 2.97. The fraction of sp³-hybridized carbons (Fsp3) is 0.417. The van der Waals surface area contributed by atoms with Gasteiger partial charge in [0.2, 0.25) is 0 Å². The number of hydrogen-bond acceptors (Lipinski definition) is 3. The van der Waals surface area contributed by atoms with E-state index in [0.29, 0.717) is 5.56 Å². The third kappa shape index (κ3) is 2.10. The molecule has 1 saturated carbocycles. The van der Waals surface area contributed by atoms with Gasteiger partial charge in [-0.2, -0.15) is 0 Å². The standard InChI is InChI=1S/C12H13NO3/c14-12(9-3-1-2-4-9)10-5-7-11(8-6-10)13(15)16/h5-9H,1-4H2. The molecule has 16 heavy (non-hydrogen) atoms. The Bertz CT molecular complexity index is 405. The van der Waals surface area contributed by atoms with Crippen molar-refractivity contribution in [3.05, 3.63) is 39.9 Å². The van der Waals surface area contributed by atoms with Crippen molar-refractivity contribution in [3.63, 3.8) is 0 Å². The lowest BCUT2D eigenvalue weighted by atomic mass is 9.96. The van der Waals surface area contributed by atoms with Gasteiger partial charge in [0.1, 0.15) is 0 Å². The quantitative estimate of drug-likeness (QED) is 0.446. The highest BCUT2D eigenvalue weighted by Crippen LogP contribution is 2.28. The summed E-state index contributed by atoms with van der Waals surface area (Å²) >= 11 is 0. The zero-order chi connectivity index (χ0) is 11.5. The monoisotopic (exact) mass is 219 g/mol. The zero-order valence-corrected chi connectivity index (χ0v) is 8.89. The molecule has 1 aromatic carbocycles. The molecule has 1 fully saturated rings. The molecule has 0 unspecified atom stereocenters. The molecule has 0 amide bonds. The Morgan fingerprint density at radius 3 is 2.25 bits per heavy atom. The minimum absolute atomic E-state index is 0.0305. The Kier molecular flexibility index (Phi) is 2.99. The normalized spacial score (nSPS) is 16.2. The third-order valence-electron chi connectivity index (χ3n) is 3.09. The lowest BCUT2D eigenvalue weighted by molar-refractivity contribution is -0.384. The van der Waals surface area contributed by atoms with Gasteiger partial charge in [0.25, 0.3) is 5.69 Å². The average molecular weight is 219 g/mol. The number of rotatable bonds is 3. The summed E-state index contributed by atoms with van der Waals surface area (Å²) in [4.78, 5) is 22.0. The van der Waals surface area contributed by atoms with Crippen LogP contribution in [0, 0.1) is 16.0 Å². The van der Waals surface area contributed by atoms with E-state index in [1.807, 2.05) is 0 Å². The Morgan fingerprint density at radius 2 is 1.75 bits per heavy atom. The van der Waals surface area contributed by atoms with Crippen LogP contribution in [0.5, 0.6) is 0 Å². The molecule has 0 bridgehead atoms. The van der Waals surface area contributed by atoms with Crippen LogP contribution >= 0.6 is 0 Å². The Balaban J connectivity index is 2.14. The van der Waals surface area contributed by atoms with E-state index in [1.165, 1.54) is 12.1 Å². The lowest BCUT2D eigenvalue weighted by Gasteiger charge is -2.06. The summed E-state index contributed by atoms with van der Waals surface area (Å²) in [5, 5.41) is 10.5. The second-order valence-corrected chi connectivity index (χ2v) is 4.15. The summed E-state index contributed by atoms with van der Waals surface area (Å²) in [6.45, 7) is 0. The van der Waals surface area contributed by atoms with Gasteiger partial charge in [-0.1, -0.05) is 12.8 Å². The molecular formula is C12H13NO3. The average Bonchev–Trinajstić information content (AvgIpc) is 2.81. The molecule has 1 aliphatic carbocycles. The second-order valence-electron chi connectivity index (χ2n) is 4.15.